The van der Waals surface area contributed by atoms with Crippen LogP contribution in [0.1, 0.15) is 39.5 Å². The molecule has 0 fully saturated rings. The van der Waals surface area contributed by atoms with Gasteiger partial charge in [-0.1, -0.05) is 12.1 Å². The van der Waals surface area contributed by atoms with Crippen LogP contribution in [0.2, 0.25) is 0 Å². The van der Waals surface area contributed by atoms with Gasteiger partial charge in [0.25, 0.3) is 0 Å². The third-order valence-corrected chi connectivity index (χ3v) is 6.08. The number of nitrogens with zero attached hydrogens (tertiary/aromatic N) is 5. The molecule has 2 N–H and O–H groups in total. The summed E-state index contributed by atoms with van der Waals surface area (Å²) in [5, 5.41) is 7.60. The van der Waals surface area contributed by atoms with E-state index in [9.17, 15) is 14.0 Å². The zero-order valence-electron chi connectivity index (χ0n) is 18.9. The van der Waals surface area contributed by atoms with Gasteiger partial charge in [-0.15, -0.1) is 0 Å². The number of carbonyl (C=O) groups is 2. The van der Waals surface area contributed by atoms with Gasteiger partial charge < -0.3 is 15.0 Å². The molecular formula is C25H18FN7O3. The standard InChI is InChI=1S/C25H18FN7O3/c1-13-20-18(14-4-8-17(9-5-14)36-25(35)15-2-6-16(26)7-3-15)10-19(34)31-23(20)33(32-13)24-21-22(28-11-27-21)29-12-30-24/h2-9,11-12,18H,10H2,1H3,(H,31,34)(H,27,28,29,30). The molecule has 0 radical (unpaired) electrons. The number of H-pyrrole nitrogens is 1. The number of benzene rings is 2. The van der Waals surface area contributed by atoms with E-state index in [1.807, 2.05) is 19.1 Å². The van der Waals surface area contributed by atoms with Gasteiger partial charge in [0.15, 0.2) is 11.5 Å². The van der Waals surface area contributed by atoms with Crippen LogP contribution in [0.3, 0.4) is 0 Å². The maximum atomic E-state index is 13.1. The summed E-state index contributed by atoms with van der Waals surface area (Å²) < 4.78 is 20.1. The number of amides is 1. The van der Waals surface area contributed by atoms with E-state index >= 15 is 0 Å². The van der Waals surface area contributed by atoms with Gasteiger partial charge in [0.05, 0.1) is 17.6 Å². The van der Waals surface area contributed by atoms with Crippen molar-refractivity contribution in [1.29, 1.82) is 0 Å². The predicted molar refractivity (Wildman–Crippen MR) is 126 cm³/mol. The minimum Gasteiger partial charge on any atom is -0.423 e. The van der Waals surface area contributed by atoms with E-state index in [1.165, 1.54) is 36.9 Å². The summed E-state index contributed by atoms with van der Waals surface area (Å²) in [4.78, 5) is 40.7. The summed E-state index contributed by atoms with van der Waals surface area (Å²) in [6.45, 7) is 1.88. The number of aromatic amines is 1. The zero-order valence-corrected chi connectivity index (χ0v) is 18.9. The normalized spacial score (nSPS) is 14.9. The Bertz CT molecular complexity index is 1620. The van der Waals surface area contributed by atoms with E-state index < -0.39 is 11.8 Å². The van der Waals surface area contributed by atoms with Gasteiger partial charge in [0.1, 0.15) is 29.2 Å². The number of hydrogen-bond acceptors (Lipinski definition) is 7. The van der Waals surface area contributed by atoms with Crippen LogP contribution in [0.4, 0.5) is 10.2 Å². The van der Waals surface area contributed by atoms with Crippen LogP contribution in [0, 0.1) is 12.7 Å². The SMILES string of the molecule is Cc1nn(-c2ncnc3nc[nH]c23)c2c1C(c1ccc(OC(=O)c3ccc(F)cc3)cc1)CC(=O)N2. The molecule has 0 bridgehead atoms. The van der Waals surface area contributed by atoms with Gasteiger partial charge in [-0.05, 0) is 48.9 Å². The number of ether oxygens (including phenoxy) is 1. The fourth-order valence-corrected chi connectivity index (χ4v) is 4.42. The molecule has 1 unspecified atom stereocenters. The van der Waals surface area contributed by atoms with Gasteiger partial charge in [-0.25, -0.2) is 24.1 Å². The highest BCUT2D eigenvalue weighted by Crippen LogP contribution is 2.40. The molecule has 178 valence electrons. The summed E-state index contributed by atoms with van der Waals surface area (Å²) >= 11 is 0. The fourth-order valence-electron chi connectivity index (χ4n) is 4.42. The lowest BCUT2D eigenvalue weighted by atomic mass is 9.86. The Morgan fingerprint density at radius 1 is 1.08 bits per heavy atom. The number of aryl methyl sites for hydroxylation is 1. The molecule has 0 aliphatic carbocycles. The smallest absolute Gasteiger partial charge is 0.343 e. The number of imidazole rings is 1. The molecule has 6 rings (SSSR count). The molecule has 4 heterocycles. The van der Waals surface area contributed by atoms with Crippen molar-refractivity contribution >= 4 is 28.9 Å². The maximum Gasteiger partial charge on any atom is 0.343 e. The first-order chi connectivity index (χ1) is 17.5. The first-order valence-corrected chi connectivity index (χ1v) is 11.1. The van der Waals surface area contributed by atoms with Gasteiger partial charge in [0.2, 0.25) is 5.91 Å². The molecule has 1 atom stereocenters. The van der Waals surface area contributed by atoms with Crippen LogP contribution in [0.5, 0.6) is 5.75 Å². The number of anilines is 1. The lowest BCUT2D eigenvalue weighted by molar-refractivity contribution is -0.116. The van der Waals surface area contributed by atoms with Crippen LogP contribution < -0.4 is 10.1 Å². The van der Waals surface area contributed by atoms with Crippen molar-refractivity contribution in [2.75, 3.05) is 5.32 Å². The number of fused-ring (bicyclic) bond motifs is 2. The van der Waals surface area contributed by atoms with Crippen molar-refractivity contribution in [2.45, 2.75) is 19.3 Å². The van der Waals surface area contributed by atoms with E-state index in [2.05, 4.69) is 30.4 Å². The van der Waals surface area contributed by atoms with Crippen LogP contribution in [0.15, 0.2) is 61.2 Å². The van der Waals surface area contributed by atoms with Crippen molar-refractivity contribution in [3.63, 3.8) is 0 Å². The van der Waals surface area contributed by atoms with Crippen LogP contribution in [0.25, 0.3) is 17.0 Å². The topological polar surface area (TPSA) is 128 Å². The molecule has 1 aliphatic rings. The number of hydrogen-bond donors (Lipinski definition) is 2. The van der Waals surface area contributed by atoms with Gasteiger partial charge >= 0.3 is 5.97 Å². The minimum atomic E-state index is -0.589. The molecule has 2 aromatic carbocycles. The van der Waals surface area contributed by atoms with Crippen molar-refractivity contribution in [2.24, 2.45) is 0 Å². The Labute approximate surface area is 203 Å². The Morgan fingerprint density at radius 3 is 2.64 bits per heavy atom. The highest BCUT2D eigenvalue weighted by molar-refractivity contribution is 5.95. The number of halogens is 1. The summed E-state index contributed by atoms with van der Waals surface area (Å²) in [6, 6.07) is 12.1. The second kappa shape index (κ2) is 8.38. The third kappa shape index (κ3) is 3.66. The fraction of sp³-hybridized carbons (Fsp3) is 0.120. The molecule has 1 aliphatic heterocycles. The number of esters is 1. The van der Waals surface area contributed by atoms with Crippen LogP contribution in [-0.2, 0) is 4.79 Å². The number of aromatic nitrogens is 6. The number of carbonyl (C=O) groups excluding carboxylic acids is 2. The van der Waals surface area contributed by atoms with E-state index in [0.29, 0.717) is 28.5 Å². The minimum absolute atomic E-state index is 0.157. The largest absolute Gasteiger partial charge is 0.423 e. The van der Waals surface area contributed by atoms with E-state index in [-0.39, 0.29) is 23.8 Å². The quantitative estimate of drug-likeness (QED) is 0.295. The van der Waals surface area contributed by atoms with E-state index in [0.717, 1.165) is 16.8 Å². The Hall–Kier alpha value is -4.93. The van der Waals surface area contributed by atoms with Crippen molar-refractivity contribution in [3.8, 4) is 11.6 Å². The Kier molecular flexibility index (Phi) is 5.03. The second-order valence-corrected chi connectivity index (χ2v) is 8.33. The van der Waals surface area contributed by atoms with Crippen LogP contribution >= 0.6 is 0 Å². The van der Waals surface area contributed by atoms with Crippen molar-refractivity contribution in [1.82, 2.24) is 29.7 Å². The molecule has 0 saturated carbocycles. The number of nitrogens with one attached hydrogen (secondary N) is 2. The summed E-state index contributed by atoms with van der Waals surface area (Å²) in [7, 11) is 0. The molecule has 36 heavy (non-hydrogen) atoms. The van der Waals surface area contributed by atoms with Gasteiger partial charge in [0, 0.05) is 17.9 Å². The molecule has 0 saturated heterocycles. The van der Waals surface area contributed by atoms with Crippen molar-refractivity contribution in [3.05, 3.63) is 89.4 Å². The summed E-state index contributed by atoms with van der Waals surface area (Å²) in [5.74, 6) is -0.0864. The molecule has 3 aromatic heterocycles. The average molecular weight is 483 g/mol. The van der Waals surface area contributed by atoms with Crippen molar-refractivity contribution < 1.29 is 18.7 Å². The monoisotopic (exact) mass is 483 g/mol. The molecule has 5 aromatic rings. The van der Waals surface area contributed by atoms with E-state index in [4.69, 9.17) is 4.74 Å². The molecule has 1 amide bonds. The second-order valence-electron chi connectivity index (χ2n) is 8.33. The molecule has 0 spiro atoms. The first kappa shape index (κ1) is 21.6. The third-order valence-electron chi connectivity index (χ3n) is 6.08. The molecular weight excluding hydrogens is 465 g/mol. The maximum absolute atomic E-state index is 13.1. The zero-order chi connectivity index (χ0) is 24.8. The average Bonchev–Trinajstić information content (AvgIpc) is 3.49. The first-order valence-electron chi connectivity index (χ1n) is 11.1. The van der Waals surface area contributed by atoms with Gasteiger partial charge in [-0.2, -0.15) is 9.78 Å². The number of rotatable bonds is 4. The highest BCUT2D eigenvalue weighted by Gasteiger charge is 2.33. The lowest BCUT2D eigenvalue weighted by Crippen LogP contribution is -2.25. The molecule has 11 heteroatoms. The summed E-state index contributed by atoms with van der Waals surface area (Å²) in [5.41, 5.74) is 3.82. The Morgan fingerprint density at radius 2 is 1.86 bits per heavy atom. The predicted octanol–water partition coefficient (Wildman–Crippen LogP) is 3.68. The highest BCUT2D eigenvalue weighted by atomic mass is 19.1. The summed E-state index contributed by atoms with van der Waals surface area (Å²) in [6.07, 6.45) is 3.16. The lowest BCUT2D eigenvalue weighted by Gasteiger charge is -2.24. The Balaban J connectivity index is 1.32. The van der Waals surface area contributed by atoms with E-state index in [1.54, 1.807) is 16.8 Å². The van der Waals surface area contributed by atoms with Crippen LogP contribution in [-0.4, -0.2) is 41.6 Å². The molecule has 10 nitrogen and oxygen atoms in total. The van der Waals surface area contributed by atoms with Gasteiger partial charge in [-0.3, -0.25) is 4.79 Å².